The van der Waals surface area contributed by atoms with Crippen molar-refractivity contribution in [3.63, 3.8) is 0 Å². The Morgan fingerprint density at radius 1 is 1.31 bits per heavy atom. The van der Waals surface area contributed by atoms with Crippen molar-refractivity contribution < 1.29 is 9.90 Å². The molecular weight excluding hydrogens is 324 g/mol. The lowest BCUT2D eigenvalue weighted by Crippen LogP contribution is -2.45. The first kappa shape index (κ1) is 18.2. The number of aliphatic imine (C=N–C) groups is 1. The fourth-order valence-electron chi connectivity index (χ4n) is 3.74. The van der Waals surface area contributed by atoms with Gasteiger partial charge in [0.1, 0.15) is 0 Å². The third-order valence-electron chi connectivity index (χ3n) is 5.47. The summed E-state index contributed by atoms with van der Waals surface area (Å²) >= 11 is 0. The van der Waals surface area contributed by atoms with Crippen LogP contribution in [0.2, 0.25) is 0 Å². The van der Waals surface area contributed by atoms with Crippen molar-refractivity contribution >= 4 is 23.6 Å². The predicted octanol–water partition coefficient (Wildman–Crippen LogP) is 5.17. The monoisotopic (exact) mass is 350 g/mol. The van der Waals surface area contributed by atoms with E-state index >= 15 is 0 Å². The van der Waals surface area contributed by atoms with Crippen molar-refractivity contribution in [3.8, 4) is 0 Å². The first-order valence-corrected chi connectivity index (χ1v) is 8.95. The summed E-state index contributed by atoms with van der Waals surface area (Å²) in [5.74, 6) is -0.453. The number of anilines is 1. The fraction of sp³-hybridized carbons (Fsp3) is 0.364. The van der Waals surface area contributed by atoms with Gasteiger partial charge < -0.3 is 10.0 Å². The highest BCUT2D eigenvalue weighted by atomic mass is 16.4. The lowest BCUT2D eigenvalue weighted by molar-refractivity contribution is 0.0697. The number of aromatic carboxylic acids is 1. The summed E-state index contributed by atoms with van der Waals surface area (Å²) in [5.41, 5.74) is 5.91. The smallest absolute Gasteiger partial charge is 0.335 e. The summed E-state index contributed by atoms with van der Waals surface area (Å²) in [4.78, 5) is 18.0. The molecule has 1 heterocycles. The van der Waals surface area contributed by atoms with Crippen LogP contribution in [0.5, 0.6) is 0 Å². The lowest BCUT2D eigenvalue weighted by Gasteiger charge is -2.45. The molecular formula is C22H26N2O2. The van der Waals surface area contributed by atoms with Crippen molar-refractivity contribution in [1.29, 1.82) is 0 Å². The molecule has 1 aliphatic rings. The van der Waals surface area contributed by atoms with Crippen LogP contribution < -0.4 is 4.90 Å². The Morgan fingerprint density at radius 2 is 2.04 bits per heavy atom. The topological polar surface area (TPSA) is 52.9 Å². The van der Waals surface area contributed by atoms with E-state index in [1.807, 2.05) is 12.3 Å². The normalized spacial score (nSPS) is 18.8. The fourth-order valence-corrected chi connectivity index (χ4v) is 3.74. The Labute approximate surface area is 155 Å². The molecule has 0 aromatic heterocycles. The zero-order chi connectivity index (χ0) is 19.1. The summed E-state index contributed by atoms with van der Waals surface area (Å²) in [5, 5.41) is 9.11. The molecule has 1 unspecified atom stereocenters. The van der Waals surface area contributed by atoms with E-state index < -0.39 is 5.97 Å². The number of carboxylic acids is 1. The van der Waals surface area contributed by atoms with Gasteiger partial charge in [-0.25, -0.2) is 4.79 Å². The van der Waals surface area contributed by atoms with Crippen molar-refractivity contribution in [3.05, 3.63) is 58.7 Å². The van der Waals surface area contributed by atoms with E-state index in [1.165, 1.54) is 16.8 Å². The number of fused-ring (bicyclic) bond motifs is 1. The Bertz CT molecular complexity index is 884. The van der Waals surface area contributed by atoms with Crippen LogP contribution >= 0.6 is 0 Å². The Morgan fingerprint density at radius 3 is 2.73 bits per heavy atom. The van der Waals surface area contributed by atoms with Crippen LogP contribution in [0.3, 0.4) is 0 Å². The van der Waals surface area contributed by atoms with Gasteiger partial charge in [0, 0.05) is 24.5 Å². The van der Waals surface area contributed by atoms with Gasteiger partial charge >= 0.3 is 5.97 Å². The van der Waals surface area contributed by atoms with E-state index in [2.05, 4.69) is 56.8 Å². The number of carbonyl (C=O) groups is 1. The molecule has 1 atom stereocenters. The minimum atomic E-state index is -0.938. The predicted molar refractivity (Wildman–Crippen MR) is 107 cm³/mol. The molecule has 0 spiro atoms. The van der Waals surface area contributed by atoms with Crippen molar-refractivity contribution in [2.45, 2.75) is 45.6 Å². The molecule has 0 saturated heterocycles. The maximum absolute atomic E-state index is 11.1. The third-order valence-corrected chi connectivity index (χ3v) is 5.47. The zero-order valence-electron chi connectivity index (χ0n) is 16.1. The Balaban J connectivity index is 1.97. The molecule has 0 saturated carbocycles. The average Bonchev–Trinajstić information content (AvgIpc) is 2.58. The summed E-state index contributed by atoms with van der Waals surface area (Å²) in [6.07, 6.45) is 2.94. The lowest BCUT2D eigenvalue weighted by atomic mass is 9.79. The molecule has 3 rings (SSSR count). The second kappa shape index (κ2) is 6.60. The van der Waals surface area contributed by atoms with Gasteiger partial charge in [0.15, 0.2) is 0 Å². The quantitative estimate of drug-likeness (QED) is 0.777. The van der Waals surface area contributed by atoms with Crippen LogP contribution in [0.4, 0.5) is 11.4 Å². The van der Waals surface area contributed by atoms with Gasteiger partial charge in [0.05, 0.1) is 11.3 Å². The number of hydrogen-bond donors (Lipinski definition) is 1. The molecule has 0 fully saturated rings. The number of benzene rings is 2. The van der Waals surface area contributed by atoms with Crippen molar-refractivity contribution in [1.82, 2.24) is 0 Å². The first-order valence-electron chi connectivity index (χ1n) is 8.95. The van der Waals surface area contributed by atoms with Gasteiger partial charge in [0.2, 0.25) is 0 Å². The van der Waals surface area contributed by atoms with Crippen molar-refractivity contribution in [2.75, 3.05) is 11.9 Å². The number of nitrogens with zero attached hydrogens (tertiary/aromatic N) is 2. The van der Waals surface area contributed by atoms with Crippen LogP contribution in [0.25, 0.3) is 0 Å². The maximum Gasteiger partial charge on any atom is 0.335 e. The summed E-state index contributed by atoms with van der Waals surface area (Å²) in [7, 11) is 2.16. The van der Waals surface area contributed by atoms with Crippen molar-refractivity contribution in [2.24, 2.45) is 4.99 Å². The van der Waals surface area contributed by atoms with Gasteiger partial charge in [-0.15, -0.1) is 0 Å². The summed E-state index contributed by atoms with van der Waals surface area (Å²) in [6, 6.07) is 11.2. The van der Waals surface area contributed by atoms with E-state index in [0.717, 1.165) is 12.0 Å². The maximum atomic E-state index is 11.1. The molecule has 0 amide bonds. The van der Waals surface area contributed by atoms with Crippen LogP contribution in [-0.2, 0) is 0 Å². The average molecular weight is 350 g/mol. The van der Waals surface area contributed by atoms with Crippen LogP contribution in [0.15, 0.2) is 41.4 Å². The van der Waals surface area contributed by atoms with E-state index in [-0.39, 0.29) is 11.1 Å². The molecule has 4 heteroatoms. The van der Waals surface area contributed by atoms with E-state index in [4.69, 9.17) is 5.11 Å². The minimum absolute atomic E-state index is 0.145. The van der Waals surface area contributed by atoms with Gasteiger partial charge in [0.25, 0.3) is 0 Å². The van der Waals surface area contributed by atoms with Crippen LogP contribution in [0.1, 0.15) is 60.2 Å². The molecule has 0 bridgehead atoms. The van der Waals surface area contributed by atoms with E-state index in [0.29, 0.717) is 11.6 Å². The molecule has 0 aliphatic carbocycles. The van der Waals surface area contributed by atoms with Gasteiger partial charge in [-0.2, -0.15) is 0 Å². The summed E-state index contributed by atoms with van der Waals surface area (Å²) in [6.45, 7) is 8.94. The second-order valence-electron chi connectivity index (χ2n) is 7.86. The standard InChI is InChI=1S/C22H26N2O2/c1-14-9-20-19(15(2)12-22(3,4)24(20)5)11-17(14)13-23-18-8-6-7-16(10-18)21(25)26/h6-11,13,15H,12H2,1-5H3,(H,25,26). The molecule has 2 aromatic rings. The molecule has 2 aromatic carbocycles. The van der Waals surface area contributed by atoms with Crippen LogP contribution in [-0.4, -0.2) is 29.9 Å². The highest BCUT2D eigenvalue weighted by molar-refractivity contribution is 5.90. The van der Waals surface area contributed by atoms with Gasteiger partial charge in [-0.3, -0.25) is 4.99 Å². The molecule has 1 N–H and O–H groups in total. The number of carboxylic acid groups (broad SMARTS) is 1. The summed E-state index contributed by atoms with van der Waals surface area (Å²) < 4.78 is 0. The van der Waals surface area contributed by atoms with Gasteiger partial charge in [-0.1, -0.05) is 13.0 Å². The molecule has 1 aliphatic heterocycles. The Hall–Kier alpha value is -2.62. The number of rotatable bonds is 3. The molecule has 136 valence electrons. The number of aryl methyl sites for hydroxylation is 1. The van der Waals surface area contributed by atoms with Crippen LogP contribution in [0, 0.1) is 6.92 Å². The Kier molecular flexibility index (Phi) is 4.61. The largest absolute Gasteiger partial charge is 0.478 e. The van der Waals surface area contributed by atoms with E-state index in [9.17, 15) is 4.79 Å². The molecule has 26 heavy (non-hydrogen) atoms. The van der Waals surface area contributed by atoms with Gasteiger partial charge in [-0.05, 0) is 80.1 Å². The minimum Gasteiger partial charge on any atom is -0.478 e. The second-order valence-corrected chi connectivity index (χ2v) is 7.86. The van der Waals surface area contributed by atoms with E-state index in [1.54, 1.807) is 18.2 Å². The molecule has 4 nitrogen and oxygen atoms in total. The zero-order valence-corrected chi connectivity index (χ0v) is 16.1. The first-order chi connectivity index (χ1) is 12.2. The SMILES string of the molecule is Cc1cc2c(cc1C=Nc1cccc(C(=O)O)c1)C(C)CC(C)(C)N2C. The molecule has 0 radical (unpaired) electrons. The third kappa shape index (κ3) is 3.36. The number of hydrogen-bond acceptors (Lipinski definition) is 3. The highest BCUT2D eigenvalue weighted by Gasteiger charge is 2.34. The highest BCUT2D eigenvalue weighted by Crippen LogP contribution is 2.43.